The average Bonchev–Trinajstić information content (AvgIpc) is 2.96. The number of amides is 3. The van der Waals surface area contributed by atoms with Crippen molar-refractivity contribution in [3.8, 4) is 0 Å². The second-order valence-electron chi connectivity index (χ2n) is 5.81. The van der Waals surface area contributed by atoms with Gasteiger partial charge < -0.3 is 5.32 Å². The zero-order valence-electron chi connectivity index (χ0n) is 12.9. The van der Waals surface area contributed by atoms with Crippen molar-refractivity contribution in [2.45, 2.75) is 26.2 Å². The minimum absolute atomic E-state index is 0.278. The van der Waals surface area contributed by atoms with Crippen LogP contribution >= 0.6 is 11.3 Å². The van der Waals surface area contributed by atoms with E-state index in [4.69, 9.17) is 0 Å². The molecule has 0 saturated heterocycles. The summed E-state index contributed by atoms with van der Waals surface area (Å²) in [6.45, 7) is 2.23. The van der Waals surface area contributed by atoms with Gasteiger partial charge >= 0.3 is 6.03 Å². The van der Waals surface area contributed by atoms with Gasteiger partial charge in [-0.05, 0) is 48.9 Å². The summed E-state index contributed by atoms with van der Waals surface area (Å²) in [5.41, 5.74) is 6.76. The van der Waals surface area contributed by atoms with Gasteiger partial charge in [-0.15, -0.1) is 11.3 Å². The summed E-state index contributed by atoms with van der Waals surface area (Å²) in [5, 5.41) is 2.64. The molecule has 2 aromatic rings. The highest BCUT2D eigenvalue weighted by molar-refractivity contribution is 7.14. The predicted molar refractivity (Wildman–Crippen MR) is 91.6 cm³/mol. The molecule has 6 heteroatoms. The topological polar surface area (TPSA) is 70.2 Å². The number of para-hydroxylation sites is 1. The second kappa shape index (κ2) is 6.83. The first-order valence-electron chi connectivity index (χ1n) is 7.66. The lowest BCUT2D eigenvalue weighted by molar-refractivity contribution is 0.0942. The number of aryl methyl sites for hydroxylation is 1. The highest BCUT2D eigenvalue weighted by Crippen LogP contribution is 2.32. The van der Waals surface area contributed by atoms with E-state index in [0.29, 0.717) is 16.5 Å². The number of hydrogen-bond acceptors (Lipinski definition) is 3. The standard InChI is InChI=1S/C17H19N3O2S/c1-11-7-8-12-10-15(23-14(12)9-11)16(21)19-20-17(22)18-13-5-3-2-4-6-13/h2-6,10-11H,7-9H2,1H3,(H,19,21)(H2,18,20,22). The zero-order chi connectivity index (χ0) is 16.2. The van der Waals surface area contributed by atoms with Gasteiger partial charge in [0.05, 0.1) is 4.88 Å². The Morgan fingerprint density at radius 1 is 1.17 bits per heavy atom. The van der Waals surface area contributed by atoms with Crippen molar-refractivity contribution < 1.29 is 9.59 Å². The van der Waals surface area contributed by atoms with E-state index in [1.54, 1.807) is 12.1 Å². The molecule has 1 unspecified atom stereocenters. The predicted octanol–water partition coefficient (Wildman–Crippen LogP) is 3.34. The quantitative estimate of drug-likeness (QED) is 0.740. The number of urea groups is 1. The fourth-order valence-electron chi connectivity index (χ4n) is 2.64. The normalized spacial score (nSPS) is 16.3. The van der Waals surface area contributed by atoms with E-state index in [1.807, 2.05) is 24.3 Å². The highest BCUT2D eigenvalue weighted by Gasteiger charge is 2.20. The van der Waals surface area contributed by atoms with Crippen molar-refractivity contribution in [3.63, 3.8) is 0 Å². The third-order valence-corrected chi connectivity index (χ3v) is 5.08. The Labute approximate surface area is 139 Å². The molecule has 1 atom stereocenters. The van der Waals surface area contributed by atoms with E-state index in [-0.39, 0.29) is 5.91 Å². The van der Waals surface area contributed by atoms with Crippen LogP contribution in [-0.4, -0.2) is 11.9 Å². The van der Waals surface area contributed by atoms with Crippen LogP contribution in [0.4, 0.5) is 10.5 Å². The largest absolute Gasteiger partial charge is 0.337 e. The van der Waals surface area contributed by atoms with Crippen LogP contribution in [-0.2, 0) is 12.8 Å². The molecule has 23 heavy (non-hydrogen) atoms. The minimum Gasteiger partial charge on any atom is -0.307 e. The molecular weight excluding hydrogens is 310 g/mol. The number of carbonyl (C=O) groups is 2. The SMILES string of the molecule is CC1CCc2cc(C(=O)NNC(=O)Nc3ccccc3)sc2C1. The molecule has 3 amide bonds. The second-order valence-corrected chi connectivity index (χ2v) is 6.94. The molecule has 0 saturated carbocycles. The van der Waals surface area contributed by atoms with E-state index >= 15 is 0 Å². The maximum atomic E-state index is 12.2. The molecule has 1 aliphatic carbocycles. The number of carbonyl (C=O) groups excluding carboxylic acids is 2. The summed E-state index contributed by atoms with van der Waals surface area (Å²) in [6.07, 6.45) is 3.24. The molecule has 0 aliphatic heterocycles. The Morgan fingerprint density at radius 3 is 2.74 bits per heavy atom. The molecule has 0 radical (unpaired) electrons. The number of thiophene rings is 1. The van der Waals surface area contributed by atoms with Crippen molar-refractivity contribution >= 4 is 29.0 Å². The van der Waals surface area contributed by atoms with Crippen molar-refractivity contribution in [1.82, 2.24) is 10.9 Å². The summed E-state index contributed by atoms with van der Waals surface area (Å²) >= 11 is 1.52. The monoisotopic (exact) mass is 329 g/mol. The fourth-order valence-corrected chi connectivity index (χ4v) is 3.91. The number of anilines is 1. The molecule has 3 N–H and O–H groups in total. The first kappa shape index (κ1) is 15.6. The first-order chi connectivity index (χ1) is 11.1. The van der Waals surface area contributed by atoms with Gasteiger partial charge in [0.25, 0.3) is 5.91 Å². The highest BCUT2D eigenvalue weighted by atomic mass is 32.1. The maximum Gasteiger partial charge on any atom is 0.337 e. The summed E-state index contributed by atoms with van der Waals surface area (Å²) in [6, 6.07) is 10.5. The molecular formula is C17H19N3O2S. The minimum atomic E-state index is -0.473. The first-order valence-corrected chi connectivity index (χ1v) is 8.47. The average molecular weight is 329 g/mol. The van der Waals surface area contributed by atoms with Crippen LogP contribution in [0.2, 0.25) is 0 Å². The van der Waals surface area contributed by atoms with E-state index in [1.165, 1.54) is 28.2 Å². The van der Waals surface area contributed by atoms with Crippen molar-refractivity contribution in [3.05, 3.63) is 51.7 Å². The van der Waals surface area contributed by atoms with Crippen LogP contribution in [0.3, 0.4) is 0 Å². The Hall–Kier alpha value is -2.34. The molecule has 1 heterocycles. The van der Waals surface area contributed by atoms with Gasteiger partial charge in [-0.2, -0.15) is 0 Å². The van der Waals surface area contributed by atoms with Gasteiger partial charge in [0.2, 0.25) is 0 Å². The van der Waals surface area contributed by atoms with Crippen LogP contribution < -0.4 is 16.2 Å². The third kappa shape index (κ3) is 3.90. The van der Waals surface area contributed by atoms with Gasteiger partial charge in [0, 0.05) is 10.6 Å². The van der Waals surface area contributed by atoms with Crippen molar-refractivity contribution in [1.29, 1.82) is 0 Å². The molecule has 0 fully saturated rings. The number of hydrazine groups is 1. The van der Waals surface area contributed by atoms with Gasteiger partial charge in [0.1, 0.15) is 0 Å². The summed E-state index contributed by atoms with van der Waals surface area (Å²) in [4.78, 5) is 25.8. The lowest BCUT2D eigenvalue weighted by Gasteiger charge is -2.16. The van der Waals surface area contributed by atoms with Gasteiger partial charge in [-0.1, -0.05) is 25.1 Å². The van der Waals surface area contributed by atoms with Gasteiger partial charge in [-0.25, -0.2) is 10.2 Å². The Kier molecular flexibility index (Phi) is 4.62. The third-order valence-electron chi connectivity index (χ3n) is 3.88. The van der Waals surface area contributed by atoms with Crippen LogP contribution in [0, 0.1) is 5.92 Å². The van der Waals surface area contributed by atoms with Crippen molar-refractivity contribution in [2.24, 2.45) is 5.92 Å². The van der Waals surface area contributed by atoms with Gasteiger partial charge in [0.15, 0.2) is 0 Å². The molecule has 0 bridgehead atoms. The summed E-state index contributed by atoms with van der Waals surface area (Å²) < 4.78 is 0. The lowest BCUT2D eigenvalue weighted by Crippen LogP contribution is -2.43. The van der Waals surface area contributed by atoms with Crippen LogP contribution in [0.1, 0.15) is 33.5 Å². The van der Waals surface area contributed by atoms with E-state index in [0.717, 1.165) is 12.8 Å². The Morgan fingerprint density at radius 2 is 1.96 bits per heavy atom. The number of fused-ring (bicyclic) bond motifs is 1. The molecule has 5 nitrogen and oxygen atoms in total. The molecule has 1 aromatic heterocycles. The Balaban J connectivity index is 1.54. The van der Waals surface area contributed by atoms with E-state index < -0.39 is 6.03 Å². The maximum absolute atomic E-state index is 12.2. The number of rotatable bonds is 2. The molecule has 3 rings (SSSR count). The molecule has 1 aliphatic rings. The van der Waals surface area contributed by atoms with Crippen molar-refractivity contribution in [2.75, 3.05) is 5.32 Å². The van der Waals surface area contributed by atoms with E-state index in [2.05, 4.69) is 23.1 Å². The van der Waals surface area contributed by atoms with Crippen LogP contribution in [0.25, 0.3) is 0 Å². The number of hydrogen-bond donors (Lipinski definition) is 3. The fraction of sp³-hybridized carbons (Fsp3) is 0.294. The van der Waals surface area contributed by atoms with Gasteiger partial charge in [-0.3, -0.25) is 10.2 Å². The van der Waals surface area contributed by atoms with E-state index in [9.17, 15) is 9.59 Å². The molecule has 120 valence electrons. The zero-order valence-corrected chi connectivity index (χ0v) is 13.7. The smallest absolute Gasteiger partial charge is 0.307 e. The lowest BCUT2D eigenvalue weighted by atomic mass is 9.90. The Bertz CT molecular complexity index is 712. The summed E-state index contributed by atoms with van der Waals surface area (Å²) in [7, 11) is 0. The summed E-state index contributed by atoms with van der Waals surface area (Å²) in [5.74, 6) is 0.395. The molecule has 0 spiro atoms. The molecule has 1 aromatic carbocycles. The number of nitrogens with one attached hydrogen (secondary N) is 3. The number of benzene rings is 1. The van der Waals surface area contributed by atoms with Crippen LogP contribution in [0.15, 0.2) is 36.4 Å². The van der Waals surface area contributed by atoms with Crippen LogP contribution in [0.5, 0.6) is 0 Å².